The first-order chi connectivity index (χ1) is 9.18. The maximum absolute atomic E-state index is 11.9. The predicted molar refractivity (Wildman–Crippen MR) is 70.9 cm³/mol. The second kappa shape index (κ2) is 5.04. The second-order valence-corrected chi connectivity index (χ2v) is 6.27. The zero-order valence-electron chi connectivity index (χ0n) is 11.7. The fraction of sp³-hybridized carbons (Fsp3) is 0.929. The standard InChI is InChI=1S/C14H24N2O3/c1-18-12(17)13-2-4-14(5-3-13,19-11-13)10-16-8-6-15-7-9-16/h15H,2-11H2,1H3. The minimum atomic E-state index is -0.347. The Bertz CT molecular complexity index is 328. The van der Waals surface area contributed by atoms with Gasteiger partial charge in [0.1, 0.15) is 0 Å². The molecule has 0 amide bonds. The van der Waals surface area contributed by atoms with Crippen LogP contribution in [-0.2, 0) is 14.3 Å². The van der Waals surface area contributed by atoms with Gasteiger partial charge in [-0.25, -0.2) is 0 Å². The minimum absolute atomic E-state index is 0.00683. The van der Waals surface area contributed by atoms with Crippen molar-refractivity contribution < 1.29 is 14.3 Å². The first kappa shape index (κ1) is 13.3. The molecule has 4 rings (SSSR count). The van der Waals surface area contributed by atoms with Gasteiger partial charge in [0.25, 0.3) is 0 Å². The molecular weight excluding hydrogens is 244 g/mol. The van der Waals surface area contributed by atoms with Crippen LogP contribution in [-0.4, -0.2) is 62.9 Å². The predicted octanol–water partition coefficient (Wildman–Crippen LogP) is 0.394. The Hall–Kier alpha value is -0.650. The van der Waals surface area contributed by atoms with Gasteiger partial charge in [0.05, 0.1) is 24.7 Å². The average molecular weight is 268 g/mol. The number of carbonyl (C=O) groups excluding carboxylic acids is 1. The van der Waals surface area contributed by atoms with E-state index < -0.39 is 0 Å². The summed E-state index contributed by atoms with van der Waals surface area (Å²) in [6.07, 6.45) is 3.83. The molecule has 0 atom stereocenters. The van der Waals surface area contributed by atoms with E-state index in [0.29, 0.717) is 6.61 Å². The van der Waals surface area contributed by atoms with Crippen LogP contribution < -0.4 is 5.32 Å². The smallest absolute Gasteiger partial charge is 0.314 e. The van der Waals surface area contributed by atoms with Gasteiger partial charge < -0.3 is 14.8 Å². The average Bonchev–Trinajstić information content (AvgIpc) is 2.49. The van der Waals surface area contributed by atoms with Gasteiger partial charge in [0, 0.05) is 32.7 Å². The molecule has 0 aromatic rings. The molecule has 5 heteroatoms. The van der Waals surface area contributed by atoms with Crippen molar-refractivity contribution in [1.82, 2.24) is 10.2 Å². The zero-order chi connectivity index (χ0) is 13.3. The molecule has 0 aromatic carbocycles. The maximum atomic E-state index is 11.9. The van der Waals surface area contributed by atoms with E-state index in [0.717, 1.165) is 58.4 Å². The van der Waals surface area contributed by atoms with Crippen molar-refractivity contribution in [3.8, 4) is 0 Å². The summed E-state index contributed by atoms with van der Waals surface area (Å²) in [6.45, 7) is 5.92. The minimum Gasteiger partial charge on any atom is -0.469 e. The highest BCUT2D eigenvalue weighted by molar-refractivity contribution is 5.77. The van der Waals surface area contributed by atoms with Gasteiger partial charge >= 0.3 is 5.97 Å². The third-order valence-electron chi connectivity index (χ3n) is 5.11. The molecule has 3 heterocycles. The van der Waals surface area contributed by atoms with Crippen molar-refractivity contribution in [2.45, 2.75) is 31.3 Å². The van der Waals surface area contributed by atoms with Crippen LogP contribution in [0, 0.1) is 5.41 Å². The number of esters is 1. The van der Waals surface area contributed by atoms with Crippen molar-refractivity contribution in [2.75, 3.05) is 46.4 Å². The summed E-state index contributed by atoms with van der Waals surface area (Å²) in [5.74, 6) is -0.0806. The van der Waals surface area contributed by atoms with E-state index in [1.165, 1.54) is 7.11 Å². The van der Waals surface area contributed by atoms with Gasteiger partial charge in [-0.15, -0.1) is 0 Å². The van der Waals surface area contributed by atoms with Gasteiger partial charge in [0.15, 0.2) is 0 Å². The number of fused-ring (bicyclic) bond motifs is 3. The third-order valence-corrected chi connectivity index (χ3v) is 5.11. The van der Waals surface area contributed by atoms with Crippen molar-refractivity contribution in [3.05, 3.63) is 0 Å². The summed E-state index contributed by atoms with van der Waals surface area (Å²) in [4.78, 5) is 14.4. The molecule has 0 unspecified atom stereocenters. The summed E-state index contributed by atoms with van der Waals surface area (Å²) in [6, 6.07) is 0. The lowest BCUT2D eigenvalue weighted by Crippen LogP contribution is -2.60. The number of piperazine rings is 1. The van der Waals surface area contributed by atoms with E-state index in [4.69, 9.17) is 9.47 Å². The molecule has 1 saturated carbocycles. The van der Waals surface area contributed by atoms with Crippen LogP contribution in [0.5, 0.6) is 0 Å². The molecule has 4 fully saturated rings. The Morgan fingerprint density at radius 3 is 2.47 bits per heavy atom. The fourth-order valence-electron chi connectivity index (χ4n) is 3.72. The maximum Gasteiger partial charge on any atom is 0.314 e. The molecule has 0 aromatic heterocycles. The van der Waals surface area contributed by atoms with Crippen LogP contribution in [0.25, 0.3) is 0 Å². The molecule has 0 radical (unpaired) electrons. The quantitative estimate of drug-likeness (QED) is 0.751. The van der Waals surface area contributed by atoms with Crippen LogP contribution in [0.15, 0.2) is 0 Å². The summed E-state index contributed by atoms with van der Waals surface area (Å²) in [5, 5.41) is 3.38. The van der Waals surface area contributed by atoms with Gasteiger partial charge in [-0.2, -0.15) is 0 Å². The molecule has 3 aliphatic heterocycles. The van der Waals surface area contributed by atoms with E-state index in [1.807, 2.05) is 0 Å². The van der Waals surface area contributed by atoms with Gasteiger partial charge in [-0.05, 0) is 25.7 Å². The van der Waals surface area contributed by atoms with Gasteiger partial charge in [-0.1, -0.05) is 0 Å². The Labute approximate surface area is 114 Å². The molecule has 0 spiro atoms. The Balaban J connectivity index is 1.62. The van der Waals surface area contributed by atoms with Crippen LogP contribution in [0.4, 0.5) is 0 Å². The van der Waals surface area contributed by atoms with Crippen molar-refractivity contribution in [2.24, 2.45) is 5.41 Å². The molecule has 5 nitrogen and oxygen atoms in total. The highest BCUT2D eigenvalue weighted by Crippen LogP contribution is 2.49. The Kier molecular flexibility index (Phi) is 3.53. The Morgan fingerprint density at radius 2 is 1.95 bits per heavy atom. The first-order valence-corrected chi connectivity index (χ1v) is 7.34. The van der Waals surface area contributed by atoms with Crippen LogP contribution >= 0.6 is 0 Å². The summed E-state index contributed by atoms with van der Waals surface area (Å²) < 4.78 is 11.1. The summed E-state index contributed by atoms with van der Waals surface area (Å²) >= 11 is 0. The van der Waals surface area contributed by atoms with Crippen LogP contribution in [0.2, 0.25) is 0 Å². The van der Waals surface area contributed by atoms with E-state index in [1.54, 1.807) is 0 Å². The van der Waals surface area contributed by atoms with E-state index in [9.17, 15) is 4.79 Å². The van der Waals surface area contributed by atoms with Crippen molar-refractivity contribution in [3.63, 3.8) is 0 Å². The lowest BCUT2D eigenvalue weighted by molar-refractivity contribution is -0.208. The number of hydrogen-bond acceptors (Lipinski definition) is 5. The third kappa shape index (κ3) is 2.39. The number of hydrogen-bond donors (Lipinski definition) is 1. The van der Waals surface area contributed by atoms with E-state index >= 15 is 0 Å². The van der Waals surface area contributed by atoms with Gasteiger partial charge in [0.2, 0.25) is 0 Å². The molecule has 19 heavy (non-hydrogen) atoms. The second-order valence-electron chi connectivity index (χ2n) is 6.27. The van der Waals surface area contributed by atoms with Crippen molar-refractivity contribution >= 4 is 5.97 Å². The number of methoxy groups -OCH3 is 1. The molecule has 4 aliphatic rings. The molecule has 2 bridgehead atoms. The number of carbonyl (C=O) groups is 1. The van der Waals surface area contributed by atoms with Crippen LogP contribution in [0.1, 0.15) is 25.7 Å². The first-order valence-electron chi connectivity index (χ1n) is 7.34. The monoisotopic (exact) mass is 268 g/mol. The fourth-order valence-corrected chi connectivity index (χ4v) is 3.72. The number of nitrogens with zero attached hydrogens (tertiary/aromatic N) is 1. The molecule has 108 valence electrons. The lowest BCUT2D eigenvalue weighted by atomic mass is 9.66. The summed E-state index contributed by atoms with van der Waals surface area (Å²) in [5.41, 5.74) is -0.354. The van der Waals surface area contributed by atoms with Crippen molar-refractivity contribution in [1.29, 1.82) is 0 Å². The highest BCUT2D eigenvalue weighted by atomic mass is 16.5. The SMILES string of the molecule is COC(=O)C12CCC(CN3CCNCC3)(CC1)OC2. The molecule has 3 saturated heterocycles. The van der Waals surface area contributed by atoms with Crippen LogP contribution in [0.3, 0.4) is 0 Å². The number of nitrogens with one attached hydrogen (secondary N) is 1. The largest absolute Gasteiger partial charge is 0.469 e. The molecule has 1 N–H and O–H groups in total. The normalized spacial score (nSPS) is 39.2. The molecule has 1 aliphatic carbocycles. The highest BCUT2D eigenvalue weighted by Gasteiger charge is 2.54. The zero-order valence-corrected chi connectivity index (χ0v) is 11.7. The van der Waals surface area contributed by atoms with E-state index in [-0.39, 0.29) is 17.0 Å². The topological polar surface area (TPSA) is 50.8 Å². The van der Waals surface area contributed by atoms with E-state index in [2.05, 4.69) is 10.2 Å². The Morgan fingerprint density at radius 1 is 1.26 bits per heavy atom. The number of ether oxygens (including phenoxy) is 2. The van der Waals surface area contributed by atoms with Gasteiger partial charge in [-0.3, -0.25) is 9.69 Å². The molecular formula is C14H24N2O3. The lowest BCUT2D eigenvalue weighted by Gasteiger charge is -2.53. The number of rotatable bonds is 3. The summed E-state index contributed by atoms with van der Waals surface area (Å²) in [7, 11) is 1.48.